The molecule has 1 aromatic carbocycles. The highest BCUT2D eigenvalue weighted by molar-refractivity contribution is 7.18. The third-order valence-electron chi connectivity index (χ3n) is 3.96. The number of amides is 2. The van der Waals surface area contributed by atoms with Crippen LogP contribution in [0.4, 0.5) is 14.9 Å². The van der Waals surface area contributed by atoms with E-state index >= 15 is 0 Å². The topological polar surface area (TPSA) is 126 Å². The van der Waals surface area contributed by atoms with E-state index in [1.807, 2.05) is 0 Å². The number of nitrogens with one attached hydrogen (secondary N) is 1. The maximum atomic E-state index is 12.6. The lowest BCUT2D eigenvalue weighted by Gasteiger charge is -2.23. The van der Waals surface area contributed by atoms with Gasteiger partial charge in [-0.3, -0.25) is 20.2 Å². The predicted octanol–water partition coefficient (Wildman–Crippen LogP) is 3.12. The van der Waals surface area contributed by atoms with Crippen LogP contribution in [-0.4, -0.2) is 38.5 Å². The molecule has 1 aliphatic heterocycles. The number of nitrogens with zero attached hydrogens (tertiary/aromatic N) is 3. The molecule has 2 heterocycles. The second kappa shape index (κ2) is 6.85. The molecule has 2 aromatic rings. The SMILES string of the molecule is O=C(Nc1ncc([N+](=O)[O-])s1)c1ccccc1C1CCCN1C(=O)O. The summed E-state index contributed by atoms with van der Waals surface area (Å²) >= 11 is 0.761. The highest BCUT2D eigenvalue weighted by Gasteiger charge is 2.32. The lowest BCUT2D eigenvalue weighted by Crippen LogP contribution is -2.30. The summed E-state index contributed by atoms with van der Waals surface area (Å²) in [5.41, 5.74) is 0.949. The molecule has 1 atom stereocenters. The Bertz CT molecular complexity index is 837. The molecule has 0 aliphatic carbocycles. The van der Waals surface area contributed by atoms with Gasteiger partial charge in [0.05, 0.1) is 11.0 Å². The van der Waals surface area contributed by atoms with E-state index in [1.54, 1.807) is 24.3 Å². The number of rotatable bonds is 4. The summed E-state index contributed by atoms with van der Waals surface area (Å²) in [4.78, 5) is 39.2. The van der Waals surface area contributed by atoms with Crippen molar-refractivity contribution in [3.8, 4) is 0 Å². The molecule has 0 bridgehead atoms. The molecule has 2 amide bonds. The standard InChI is InChI=1S/C15H14N4O5S/c20-13(17-14-16-8-12(25-14)19(23)24)10-5-2-1-4-9(10)11-6-3-7-18(11)15(21)22/h1-2,4-5,8,11H,3,6-7H2,(H,21,22)(H,16,17,20). The summed E-state index contributed by atoms with van der Waals surface area (Å²) in [6.07, 6.45) is 1.42. The molecule has 0 spiro atoms. The zero-order valence-corrected chi connectivity index (χ0v) is 13.7. The first-order valence-corrected chi connectivity index (χ1v) is 8.29. The van der Waals surface area contributed by atoms with E-state index < -0.39 is 16.9 Å². The first-order chi connectivity index (χ1) is 12.0. The summed E-state index contributed by atoms with van der Waals surface area (Å²) in [7, 11) is 0. The predicted molar refractivity (Wildman–Crippen MR) is 89.9 cm³/mol. The number of nitro groups is 1. The highest BCUT2D eigenvalue weighted by atomic mass is 32.1. The number of carboxylic acid groups (broad SMARTS) is 1. The minimum absolute atomic E-state index is 0.119. The lowest BCUT2D eigenvalue weighted by molar-refractivity contribution is -0.380. The molecular formula is C15H14N4O5S. The Hall–Kier alpha value is -3.01. The van der Waals surface area contributed by atoms with Crippen LogP contribution in [0.25, 0.3) is 0 Å². The van der Waals surface area contributed by atoms with Crippen LogP contribution in [0.5, 0.6) is 0 Å². The molecule has 1 aliphatic rings. The van der Waals surface area contributed by atoms with Crippen LogP contribution < -0.4 is 5.32 Å². The van der Waals surface area contributed by atoms with Gasteiger partial charge in [0.2, 0.25) is 0 Å². The van der Waals surface area contributed by atoms with Crippen LogP contribution in [-0.2, 0) is 0 Å². The highest BCUT2D eigenvalue weighted by Crippen LogP contribution is 2.34. The van der Waals surface area contributed by atoms with E-state index in [0.717, 1.165) is 24.0 Å². The van der Waals surface area contributed by atoms with E-state index in [4.69, 9.17) is 0 Å². The number of hydrogen-bond acceptors (Lipinski definition) is 6. The van der Waals surface area contributed by atoms with Gasteiger partial charge in [-0.1, -0.05) is 18.2 Å². The average molecular weight is 362 g/mol. The molecule has 2 N–H and O–H groups in total. The number of carbonyl (C=O) groups excluding carboxylic acids is 1. The van der Waals surface area contributed by atoms with E-state index in [0.29, 0.717) is 24.1 Å². The van der Waals surface area contributed by atoms with E-state index in [1.165, 1.54) is 4.90 Å². The van der Waals surface area contributed by atoms with Crippen LogP contribution in [0.1, 0.15) is 34.8 Å². The van der Waals surface area contributed by atoms with Crippen molar-refractivity contribution in [1.29, 1.82) is 0 Å². The van der Waals surface area contributed by atoms with Crippen molar-refractivity contribution >= 4 is 33.5 Å². The second-order valence-electron chi connectivity index (χ2n) is 5.44. The van der Waals surface area contributed by atoms with Gasteiger partial charge in [0.15, 0.2) is 5.13 Å². The van der Waals surface area contributed by atoms with Crippen LogP contribution >= 0.6 is 11.3 Å². The quantitative estimate of drug-likeness (QED) is 0.636. The zero-order chi connectivity index (χ0) is 18.0. The zero-order valence-electron chi connectivity index (χ0n) is 12.9. The number of likely N-dealkylation sites (tertiary alicyclic amines) is 1. The fourth-order valence-electron chi connectivity index (χ4n) is 2.89. The largest absolute Gasteiger partial charge is 0.465 e. The van der Waals surface area contributed by atoms with Gasteiger partial charge in [-0.25, -0.2) is 9.78 Å². The summed E-state index contributed by atoms with van der Waals surface area (Å²) < 4.78 is 0. The average Bonchev–Trinajstić information content (AvgIpc) is 3.24. The molecule has 0 saturated carbocycles. The minimum atomic E-state index is -1.02. The van der Waals surface area contributed by atoms with Gasteiger partial charge in [0, 0.05) is 12.1 Å². The number of benzene rings is 1. The normalized spacial score (nSPS) is 16.6. The Kier molecular flexibility index (Phi) is 4.61. The fraction of sp³-hybridized carbons (Fsp3) is 0.267. The van der Waals surface area contributed by atoms with Crippen molar-refractivity contribution in [3.05, 3.63) is 51.7 Å². The molecule has 0 radical (unpaired) electrons. The fourth-order valence-corrected chi connectivity index (χ4v) is 3.51. The first-order valence-electron chi connectivity index (χ1n) is 7.47. The number of hydrogen-bond donors (Lipinski definition) is 2. The van der Waals surface area contributed by atoms with Crippen molar-refractivity contribution < 1.29 is 19.6 Å². The molecule has 10 heteroatoms. The van der Waals surface area contributed by atoms with Gasteiger partial charge >= 0.3 is 11.1 Å². The van der Waals surface area contributed by atoms with Crippen LogP contribution in [0.15, 0.2) is 30.5 Å². The van der Waals surface area contributed by atoms with E-state index in [-0.39, 0.29) is 16.2 Å². The Morgan fingerprint density at radius 2 is 2.16 bits per heavy atom. The van der Waals surface area contributed by atoms with Gasteiger partial charge in [-0.05, 0) is 35.8 Å². The molecule has 9 nitrogen and oxygen atoms in total. The smallest absolute Gasteiger partial charge is 0.407 e. The van der Waals surface area contributed by atoms with Gasteiger partial charge in [-0.15, -0.1) is 0 Å². The summed E-state index contributed by atoms with van der Waals surface area (Å²) in [5.74, 6) is -0.475. The molecule has 1 fully saturated rings. The van der Waals surface area contributed by atoms with Crippen LogP contribution in [0.3, 0.4) is 0 Å². The van der Waals surface area contributed by atoms with Crippen molar-refractivity contribution in [1.82, 2.24) is 9.88 Å². The molecular weight excluding hydrogens is 348 g/mol. The van der Waals surface area contributed by atoms with Gasteiger partial charge in [0.25, 0.3) is 5.91 Å². The van der Waals surface area contributed by atoms with Crippen LogP contribution in [0, 0.1) is 10.1 Å². The second-order valence-corrected chi connectivity index (χ2v) is 6.45. The Morgan fingerprint density at radius 1 is 1.40 bits per heavy atom. The van der Waals surface area contributed by atoms with E-state index in [2.05, 4.69) is 10.3 Å². The van der Waals surface area contributed by atoms with Crippen molar-refractivity contribution in [2.75, 3.05) is 11.9 Å². The lowest BCUT2D eigenvalue weighted by atomic mass is 9.98. The Labute approximate surface area is 146 Å². The third-order valence-corrected chi connectivity index (χ3v) is 4.82. The van der Waals surface area contributed by atoms with Crippen LogP contribution in [0.2, 0.25) is 0 Å². The van der Waals surface area contributed by atoms with Crippen molar-refractivity contribution in [2.45, 2.75) is 18.9 Å². The first kappa shape index (κ1) is 16.8. The van der Waals surface area contributed by atoms with Gasteiger partial charge in [-0.2, -0.15) is 0 Å². The van der Waals surface area contributed by atoms with Gasteiger partial charge in [0.1, 0.15) is 6.20 Å². The van der Waals surface area contributed by atoms with Gasteiger partial charge < -0.3 is 10.0 Å². The number of thiazole rings is 1. The molecule has 25 heavy (non-hydrogen) atoms. The summed E-state index contributed by atoms with van der Waals surface area (Å²) in [5, 5.41) is 22.5. The van der Waals surface area contributed by atoms with E-state index in [9.17, 15) is 24.8 Å². The maximum absolute atomic E-state index is 12.6. The Morgan fingerprint density at radius 3 is 2.84 bits per heavy atom. The molecule has 1 saturated heterocycles. The summed E-state index contributed by atoms with van der Waals surface area (Å²) in [6, 6.07) is 6.38. The monoisotopic (exact) mass is 362 g/mol. The number of anilines is 1. The van der Waals surface area contributed by atoms with Crippen molar-refractivity contribution in [2.24, 2.45) is 0 Å². The number of aromatic nitrogens is 1. The maximum Gasteiger partial charge on any atom is 0.407 e. The molecule has 130 valence electrons. The Balaban J connectivity index is 1.85. The molecule has 1 aromatic heterocycles. The molecule has 3 rings (SSSR count). The minimum Gasteiger partial charge on any atom is -0.465 e. The third kappa shape index (κ3) is 3.43. The van der Waals surface area contributed by atoms with Crippen molar-refractivity contribution in [3.63, 3.8) is 0 Å². The summed E-state index contributed by atoms with van der Waals surface area (Å²) in [6.45, 7) is 0.425. The number of carbonyl (C=O) groups is 2. The molecule has 1 unspecified atom stereocenters.